The zero-order chi connectivity index (χ0) is 14.2. The van der Waals surface area contributed by atoms with Gasteiger partial charge in [-0.05, 0) is 30.5 Å². The number of carbonyl (C=O) groups excluding carboxylic acids is 1. The fourth-order valence-corrected chi connectivity index (χ4v) is 2.36. The minimum Gasteiger partial charge on any atom is -0.493 e. The van der Waals surface area contributed by atoms with Gasteiger partial charge >= 0.3 is 0 Å². The van der Waals surface area contributed by atoms with Crippen molar-refractivity contribution in [2.75, 3.05) is 6.61 Å². The van der Waals surface area contributed by atoms with Gasteiger partial charge in [-0.25, -0.2) is 5.43 Å². The fourth-order valence-electron chi connectivity index (χ4n) is 1.66. The maximum atomic E-state index is 11.7. The lowest BCUT2D eigenvalue weighted by Crippen LogP contribution is -2.19. The first kappa shape index (κ1) is 14.3. The van der Waals surface area contributed by atoms with Crippen LogP contribution in [0.2, 0.25) is 0 Å². The molecule has 20 heavy (non-hydrogen) atoms. The second-order valence-corrected chi connectivity index (χ2v) is 5.05. The lowest BCUT2D eigenvalue weighted by Gasteiger charge is -2.05. The third kappa shape index (κ3) is 4.20. The van der Waals surface area contributed by atoms with Crippen molar-refractivity contribution in [3.8, 4) is 5.75 Å². The molecular weight excluding hydrogens is 272 g/mol. The van der Waals surface area contributed by atoms with E-state index < -0.39 is 0 Å². The normalized spacial score (nSPS) is 10.7. The molecule has 1 aromatic heterocycles. The first-order chi connectivity index (χ1) is 9.79. The number of rotatable bonds is 6. The number of amides is 1. The van der Waals surface area contributed by atoms with Gasteiger partial charge in [0.05, 0.1) is 19.2 Å². The first-order valence-corrected chi connectivity index (χ1v) is 7.23. The van der Waals surface area contributed by atoms with E-state index in [-0.39, 0.29) is 5.91 Å². The van der Waals surface area contributed by atoms with Gasteiger partial charge in [-0.1, -0.05) is 18.2 Å². The standard InChI is InChI=1S/C15H16N2O2S/c1-2-19-14-8-4-3-6-12(14)11-16-17-15(18)10-13-7-5-9-20-13/h3-9,11H,2,10H2,1H3,(H,17,18). The van der Waals surface area contributed by atoms with Crippen molar-refractivity contribution in [2.45, 2.75) is 13.3 Å². The minimum atomic E-state index is -0.127. The summed E-state index contributed by atoms with van der Waals surface area (Å²) in [7, 11) is 0. The van der Waals surface area contributed by atoms with Crippen molar-refractivity contribution >= 4 is 23.5 Å². The SMILES string of the molecule is CCOc1ccccc1C=NNC(=O)Cc1cccs1. The zero-order valence-corrected chi connectivity index (χ0v) is 12.0. The Labute approximate surface area is 122 Å². The number of thiophene rings is 1. The maximum absolute atomic E-state index is 11.7. The van der Waals surface area contributed by atoms with Crippen LogP contribution >= 0.6 is 11.3 Å². The summed E-state index contributed by atoms with van der Waals surface area (Å²) in [6.07, 6.45) is 1.94. The molecule has 2 rings (SSSR count). The van der Waals surface area contributed by atoms with Crippen molar-refractivity contribution in [2.24, 2.45) is 5.10 Å². The van der Waals surface area contributed by atoms with Gasteiger partial charge in [0, 0.05) is 10.4 Å². The quantitative estimate of drug-likeness (QED) is 0.656. The molecule has 1 heterocycles. The van der Waals surface area contributed by atoms with E-state index in [9.17, 15) is 4.79 Å². The molecule has 0 aliphatic heterocycles. The Morgan fingerprint density at radius 3 is 2.95 bits per heavy atom. The van der Waals surface area contributed by atoms with Gasteiger partial charge in [0.15, 0.2) is 0 Å². The molecule has 0 aliphatic carbocycles. The number of nitrogens with zero attached hydrogens (tertiary/aromatic N) is 1. The van der Waals surface area contributed by atoms with Gasteiger partial charge in [-0.3, -0.25) is 4.79 Å². The van der Waals surface area contributed by atoms with Crippen molar-refractivity contribution in [3.63, 3.8) is 0 Å². The van der Waals surface area contributed by atoms with Crippen LogP contribution in [0.1, 0.15) is 17.4 Å². The molecule has 0 aliphatic rings. The molecule has 1 amide bonds. The first-order valence-electron chi connectivity index (χ1n) is 6.35. The number of carbonyl (C=O) groups is 1. The van der Waals surface area contributed by atoms with E-state index in [1.807, 2.05) is 48.7 Å². The van der Waals surface area contributed by atoms with E-state index in [0.29, 0.717) is 13.0 Å². The highest BCUT2D eigenvalue weighted by molar-refractivity contribution is 7.10. The Hall–Kier alpha value is -2.14. The topological polar surface area (TPSA) is 50.7 Å². The van der Waals surface area contributed by atoms with E-state index in [4.69, 9.17) is 4.74 Å². The van der Waals surface area contributed by atoms with Crippen molar-refractivity contribution < 1.29 is 9.53 Å². The Bertz CT molecular complexity index is 579. The van der Waals surface area contributed by atoms with Gasteiger partial charge in [0.2, 0.25) is 5.91 Å². The summed E-state index contributed by atoms with van der Waals surface area (Å²) in [5.74, 6) is 0.629. The average molecular weight is 288 g/mol. The second kappa shape index (κ2) is 7.45. The molecule has 104 valence electrons. The van der Waals surface area contributed by atoms with Gasteiger partial charge in [-0.2, -0.15) is 5.10 Å². The average Bonchev–Trinajstić information content (AvgIpc) is 2.94. The molecule has 1 N–H and O–H groups in total. The number of hydrazone groups is 1. The number of hydrogen-bond acceptors (Lipinski definition) is 4. The van der Waals surface area contributed by atoms with E-state index in [1.54, 1.807) is 17.6 Å². The smallest absolute Gasteiger partial charge is 0.245 e. The fraction of sp³-hybridized carbons (Fsp3) is 0.200. The molecule has 0 unspecified atom stereocenters. The Kier molecular flexibility index (Phi) is 5.32. The summed E-state index contributed by atoms with van der Waals surface area (Å²) < 4.78 is 5.48. The molecular formula is C15H16N2O2S. The monoisotopic (exact) mass is 288 g/mol. The molecule has 2 aromatic rings. The van der Waals surface area contributed by atoms with Crippen molar-refractivity contribution in [3.05, 3.63) is 52.2 Å². The lowest BCUT2D eigenvalue weighted by molar-refractivity contribution is -0.120. The highest BCUT2D eigenvalue weighted by Crippen LogP contribution is 2.15. The Morgan fingerprint density at radius 2 is 2.20 bits per heavy atom. The number of ether oxygens (including phenoxy) is 1. The molecule has 0 atom stereocenters. The van der Waals surface area contributed by atoms with Crippen LogP contribution in [0.3, 0.4) is 0 Å². The Morgan fingerprint density at radius 1 is 1.35 bits per heavy atom. The highest BCUT2D eigenvalue weighted by atomic mass is 32.1. The molecule has 0 radical (unpaired) electrons. The van der Waals surface area contributed by atoms with Crippen LogP contribution in [0.25, 0.3) is 0 Å². The summed E-state index contributed by atoms with van der Waals surface area (Å²) >= 11 is 1.56. The molecule has 0 bridgehead atoms. The maximum Gasteiger partial charge on any atom is 0.245 e. The number of para-hydroxylation sites is 1. The van der Waals surface area contributed by atoms with Crippen LogP contribution in [0, 0.1) is 0 Å². The van der Waals surface area contributed by atoms with Crippen molar-refractivity contribution in [1.29, 1.82) is 0 Å². The summed E-state index contributed by atoms with van der Waals surface area (Å²) in [5.41, 5.74) is 3.36. The molecule has 1 aromatic carbocycles. The van der Waals surface area contributed by atoms with Gasteiger partial charge in [0.1, 0.15) is 5.75 Å². The zero-order valence-electron chi connectivity index (χ0n) is 11.2. The van der Waals surface area contributed by atoms with Gasteiger partial charge < -0.3 is 4.74 Å². The third-order valence-electron chi connectivity index (χ3n) is 2.53. The number of benzene rings is 1. The van der Waals surface area contributed by atoms with E-state index in [0.717, 1.165) is 16.2 Å². The molecule has 4 nitrogen and oxygen atoms in total. The van der Waals surface area contributed by atoms with Crippen LogP contribution in [-0.2, 0) is 11.2 Å². The summed E-state index contributed by atoms with van der Waals surface area (Å²) in [4.78, 5) is 12.7. The van der Waals surface area contributed by atoms with Gasteiger partial charge in [0.25, 0.3) is 0 Å². The summed E-state index contributed by atoms with van der Waals surface area (Å²) in [6.45, 7) is 2.52. The summed E-state index contributed by atoms with van der Waals surface area (Å²) in [5, 5.41) is 5.91. The van der Waals surface area contributed by atoms with Crippen LogP contribution in [0.5, 0.6) is 5.75 Å². The molecule has 0 saturated heterocycles. The number of nitrogens with one attached hydrogen (secondary N) is 1. The molecule has 0 spiro atoms. The molecule has 0 fully saturated rings. The second-order valence-electron chi connectivity index (χ2n) is 4.02. The highest BCUT2D eigenvalue weighted by Gasteiger charge is 2.03. The van der Waals surface area contributed by atoms with Gasteiger partial charge in [-0.15, -0.1) is 11.3 Å². The van der Waals surface area contributed by atoms with E-state index >= 15 is 0 Å². The molecule has 5 heteroatoms. The predicted molar refractivity (Wildman–Crippen MR) is 81.4 cm³/mol. The summed E-state index contributed by atoms with van der Waals surface area (Å²) in [6, 6.07) is 11.4. The molecule has 0 saturated carbocycles. The largest absolute Gasteiger partial charge is 0.493 e. The third-order valence-corrected chi connectivity index (χ3v) is 3.40. The predicted octanol–water partition coefficient (Wildman–Crippen LogP) is 2.84. The van der Waals surface area contributed by atoms with Crippen LogP contribution in [-0.4, -0.2) is 18.7 Å². The van der Waals surface area contributed by atoms with E-state index in [1.165, 1.54) is 0 Å². The van der Waals surface area contributed by atoms with E-state index in [2.05, 4.69) is 10.5 Å². The van der Waals surface area contributed by atoms with Crippen molar-refractivity contribution in [1.82, 2.24) is 5.43 Å². The van der Waals surface area contributed by atoms with Crippen LogP contribution in [0.4, 0.5) is 0 Å². The van der Waals surface area contributed by atoms with Crippen LogP contribution in [0.15, 0.2) is 46.9 Å². The lowest BCUT2D eigenvalue weighted by atomic mass is 10.2. The Balaban J connectivity index is 1.91. The minimum absolute atomic E-state index is 0.127. The number of hydrogen-bond donors (Lipinski definition) is 1. The van der Waals surface area contributed by atoms with Crippen LogP contribution < -0.4 is 10.2 Å².